The average molecular weight is 240 g/mol. The van der Waals surface area contributed by atoms with Gasteiger partial charge in [0.2, 0.25) is 0 Å². The quantitative estimate of drug-likeness (QED) is 0.709. The summed E-state index contributed by atoms with van der Waals surface area (Å²) in [6.45, 7) is 0. The second kappa shape index (κ2) is 2.81. The van der Waals surface area contributed by atoms with Crippen LogP contribution in [0, 0.1) is 11.3 Å². The summed E-state index contributed by atoms with van der Waals surface area (Å²) >= 11 is 4.71. The van der Waals surface area contributed by atoms with Gasteiger partial charge in [-0.15, -0.1) is 0 Å². The Morgan fingerprint density at radius 3 is 3.17 bits per heavy atom. The van der Waals surface area contributed by atoms with Crippen molar-refractivity contribution in [1.29, 1.82) is 5.26 Å². The summed E-state index contributed by atoms with van der Waals surface area (Å²) in [6, 6.07) is 3.74. The van der Waals surface area contributed by atoms with E-state index in [-0.39, 0.29) is 0 Å². The fraction of sp³-hybridized carbons (Fsp3) is 0. The minimum Gasteiger partial charge on any atom is -0.242 e. The van der Waals surface area contributed by atoms with Crippen LogP contribution in [-0.2, 0) is 0 Å². The van der Waals surface area contributed by atoms with Crippen molar-refractivity contribution >= 4 is 37.6 Å². The van der Waals surface area contributed by atoms with Gasteiger partial charge >= 0.3 is 0 Å². The van der Waals surface area contributed by atoms with Crippen LogP contribution < -0.4 is 0 Å². The summed E-state index contributed by atoms with van der Waals surface area (Å²) in [5.41, 5.74) is 1.31. The largest absolute Gasteiger partial charge is 0.242 e. The van der Waals surface area contributed by atoms with Crippen LogP contribution in [0.2, 0.25) is 0 Å². The SMILES string of the molecule is N#Cc1cnc2sc(Br)nc2c1. The van der Waals surface area contributed by atoms with Gasteiger partial charge in [-0.25, -0.2) is 9.97 Å². The second-order valence-electron chi connectivity index (χ2n) is 2.13. The maximum absolute atomic E-state index is 8.58. The highest BCUT2D eigenvalue weighted by atomic mass is 79.9. The van der Waals surface area contributed by atoms with Gasteiger partial charge in [-0.1, -0.05) is 11.3 Å². The first-order valence-corrected chi connectivity index (χ1v) is 4.73. The van der Waals surface area contributed by atoms with Crippen molar-refractivity contribution in [3.8, 4) is 6.07 Å². The Morgan fingerprint density at radius 2 is 2.42 bits per heavy atom. The van der Waals surface area contributed by atoms with E-state index in [1.165, 1.54) is 11.3 Å². The molecule has 0 aromatic carbocycles. The van der Waals surface area contributed by atoms with E-state index in [0.717, 1.165) is 14.3 Å². The van der Waals surface area contributed by atoms with Crippen LogP contribution in [0.25, 0.3) is 10.3 Å². The molecule has 0 radical (unpaired) electrons. The van der Waals surface area contributed by atoms with Crippen molar-refractivity contribution in [2.45, 2.75) is 0 Å². The monoisotopic (exact) mass is 239 g/mol. The van der Waals surface area contributed by atoms with Gasteiger partial charge in [-0.3, -0.25) is 0 Å². The fourth-order valence-electron chi connectivity index (χ4n) is 0.858. The summed E-state index contributed by atoms with van der Waals surface area (Å²) in [5.74, 6) is 0. The average Bonchev–Trinajstić information content (AvgIpc) is 2.43. The fourth-order valence-corrected chi connectivity index (χ4v) is 2.13. The number of fused-ring (bicyclic) bond motifs is 1. The number of nitrogens with zero attached hydrogens (tertiary/aromatic N) is 3. The van der Waals surface area contributed by atoms with Gasteiger partial charge in [0.1, 0.15) is 16.4 Å². The molecule has 2 rings (SSSR count). The smallest absolute Gasteiger partial charge is 0.161 e. The van der Waals surface area contributed by atoms with Gasteiger partial charge in [-0.05, 0) is 22.0 Å². The third kappa shape index (κ3) is 1.19. The molecular formula is C7H2BrN3S. The second-order valence-corrected chi connectivity index (χ2v) is 4.38. The molecule has 0 saturated carbocycles. The number of rotatable bonds is 0. The lowest BCUT2D eigenvalue weighted by Gasteiger charge is -1.85. The van der Waals surface area contributed by atoms with Crippen LogP contribution >= 0.6 is 27.3 Å². The number of aromatic nitrogens is 2. The molecule has 58 valence electrons. The van der Waals surface area contributed by atoms with Crippen LogP contribution in [-0.4, -0.2) is 9.97 Å². The van der Waals surface area contributed by atoms with E-state index in [1.807, 2.05) is 6.07 Å². The molecule has 0 bridgehead atoms. The molecule has 0 atom stereocenters. The molecule has 0 aliphatic carbocycles. The summed E-state index contributed by atoms with van der Waals surface area (Å²) in [7, 11) is 0. The number of hydrogen-bond acceptors (Lipinski definition) is 4. The van der Waals surface area contributed by atoms with Gasteiger partial charge in [-0.2, -0.15) is 5.26 Å². The van der Waals surface area contributed by atoms with E-state index in [4.69, 9.17) is 5.26 Å². The van der Waals surface area contributed by atoms with Crippen molar-refractivity contribution in [1.82, 2.24) is 9.97 Å². The Kier molecular flexibility index (Phi) is 1.79. The number of halogens is 1. The molecule has 12 heavy (non-hydrogen) atoms. The van der Waals surface area contributed by atoms with Crippen LogP contribution in [0.1, 0.15) is 5.56 Å². The zero-order chi connectivity index (χ0) is 8.55. The molecule has 2 heterocycles. The van der Waals surface area contributed by atoms with E-state index in [9.17, 15) is 0 Å². The molecule has 3 nitrogen and oxygen atoms in total. The molecule has 0 N–H and O–H groups in total. The number of pyridine rings is 1. The molecule has 0 aliphatic rings. The highest BCUT2D eigenvalue weighted by Gasteiger charge is 2.02. The van der Waals surface area contributed by atoms with Crippen molar-refractivity contribution < 1.29 is 0 Å². The first-order valence-electron chi connectivity index (χ1n) is 3.12. The number of hydrogen-bond donors (Lipinski definition) is 0. The molecule has 0 aliphatic heterocycles. The zero-order valence-electron chi connectivity index (χ0n) is 5.78. The van der Waals surface area contributed by atoms with E-state index < -0.39 is 0 Å². The van der Waals surface area contributed by atoms with E-state index in [0.29, 0.717) is 5.56 Å². The van der Waals surface area contributed by atoms with Gasteiger partial charge in [0, 0.05) is 6.20 Å². The minimum atomic E-state index is 0.542. The van der Waals surface area contributed by atoms with Crippen molar-refractivity contribution in [3.05, 3.63) is 21.7 Å². The molecule has 2 aromatic rings. The van der Waals surface area contributed by atoms with Gasteiger partial charge in [0.15, 0.2) is 3.92 Å². The van der Waals surface area contributed by atoms with Crippen LogP contribution in [0.15, 0.2) is 16.2 Å². The Balaban J connectivity index is 2.77. The summed E-state index contributed by atoms with van der Waals surface area (Å²) < 4.78 is 0.792. The molecule has 0 unspecified atom stereocenters. The van der Waals surface area contributed by atoms with Crippen molar-refractivity contribution in [2.75, 3.05) is 0 Å². The number of thiazole rings is 1. The van der Waals surface area contributed by atoms with E-state index >= 15 is 0 Å². The molecule has 0 fully saturated rings. The molecular weight excluding hydrogens is 238 g/mol. The summed E-state index contributed by atoms with van der Waals surface area (Å²) in [6.07, 6.45) is 1.55. The lowest BCUT2D eigenvalue weighted by Crippen LogP contribution is -1.77. The van der Waals surface area contributed by atoms with Crippen LogP contribution in [0.5, 0.6) is 0 Å². The molecule has 0 spiro atoms. The predicted molar refractivity (Wildman–Crippen MR) is 49.8 cm³/mol. The maximum Gasteiger partial charge on any atom is 0.161 e. The normalized spacial score (nSPS) is 10.0. The third-order valence-corrected chi connectivity index (χ3v) is 2.78. The lowest BCUT2D eigenvalue weighted by molar-refractivity contribution is 1.36. The Labute approximate surface area is 80.8 Å². The molecule has 0 saturated heterocycles. The Hall–Kier alpha value is -0.990. The number of nitriles is 1. The third-order valence-electron chi connectivity index (χ3n) is 1.35. The van der Waals surface area contributed by atoms with E-state index in [1.54, 1.807) is 12.3 Å². The highest BCUT2D eigenvalue weighted by molar-refractivity contribution is 9.11. The Bertz CT molecular complexity index is 471. The van der Waals surface area contributed by atoms with E-state index in [2.05, 4.69) is 25.9 Å². The standard InChI is InChI=1S/C7H2BrN3S/c8-7-11-5-1-4(2-9)3-10-6(5)12-7/h1,3H. The molecule has 5 heteroatoms. The van der Waals surface area contributed by atoms with Crippen LogP contribution in [0.4, 0.5) is 0 Å². The highest BCUT2D eigenvalue weighted by Crippen LogP contribution is 2.24. The lowest BCUT2D eigenvalue weighted by atomic mass is 10.3. The first-order chi connectivity index (χ1) is 5.79. The maximum atomic E-state index is 8.58. The Morgan fingerprint density at radius 1 is 1.58 bits per heavy atom. The van der Waals surface area contributed by atoms with Crippen molar-refractivity contribution in [2.24, 2.45) is 0 Å². The van der Waals surface area contributed by atoms with Gasteiger partial charge in [0.25, 0.3) is 0 Å². The van der Waals surface area contributed by atoms with Gasteiger partial charge < -0.3 is 0 Å². The first kappa shape index (κ1) is 7.65. The summed E-state index contributed by atoms with van der Waals surface area (Å²) in [5, 5.41) is 8.58. The van der Waals surface area contributed by atoms with Crippen LogP contribution in [0.3, 0.4) is 0 Å². The topological polar surface area (TPSA) is 49.6 Å². The molecule has 0 amide bonds. The minimum absolute atomic E-state index is 0.542. The molecule has 2 aromatic heterocycles. The van der Waals surface area contributed by atoms with Crippen molar-refractivity contribution in [3.63, 3.8) is 0 Å². The predicted octanol–water partition coefficient (Wildman–Crippen LogP) is 2.33. The van der Waals surface area contributed by atoms with Gasteiger partial charge in [0.05, 0.1) is 5.56 Å². The zero-order valence-corrected chi connectivity index (χ0v) is 8.19. The summed E-state index contributed by atoms with van der Waals surface area (Å²) in [4.78, 5) is 9.07.